The van der Waals surface area contributed by atoms with Gasteiger partial charge in [0.15, 0.2) is 0 Å². The summed E-state index contributed by atoms with van der Waals surface area (Å²) in [7, 11) is -4.09. The maximum Gasteiger partial charge on any atom is 0.326 e. The monoisotopic (exact) mass is 475 g/mol. The number of aliphatic carboxylic acids is 1. The van der Waals surface area contributed by atoms with Crippen molar-refractivity contribution >= 4 is 38.9 Å². The summed E-state index contributed by atoms with van der Waals surface area (Å²) < 4.78 is 33.9. The molecule has 2 fully saturated rings. The van der Waals surface area contributed by atoms with Crippen molar-refractivity contribution in [3.63, 3.8) is 0 Å². The van der Waals surface area contributed by atoms with E-state index in [1.54, 1.807) is 18.2 Å². The number of thiophene rings is 1. The van der Waals surface area contributed by atoms with Crippen molar-refractivity contribution in [1.82, 2.24) is 4.31 Å². The second-order valence-electron chi connectivity index (χ2n) is 7.75. The van der Waals surface area contributed by atoms with Crippen LogP contribution in [0.2, 0.25) is 5.02 Å². The van der Waals surface area contributed by atoms with Gasteiger partial charge in [0.25, 0.3) is 10.0 Å². The molecule has 0 bridgehead atoms. The summed E-state index contributed by atoms with van der Waals surface area (Å²) in [5, 5.41) is 10.8. The van der Waals surface area contributed by atoms with Crippen molar-refractivity contribution in [3.05, 3.63) is 77.3 Å². The molecule has 6 nitrogen and oxygen atoms in total. The summed E-state index contributed by atoms with van der Waals surface area (Å²) in [6.07, 6.45) is 0.175. The van der Waals surface area contributed by atoms with Crippen LogP contribution in [0.4, 0.5) is 0 Å². The summed E-state index contributed by atoms with van der Waals surface area (Å²) >= 11 is 7.04. The number of hydrogen-bond acceptors (Lipinski definition) is 5. The van der Waals surface area contributed by atoms with E-state index in [1.165, 1.54) is 6.07 Å². The highest BCUT2D eigenvalue weighted by Gasteiger charge is 2.80. The van der Waals surface area contributed by atoms with Crippen LogP contribution in [0.1, 0.15) is 12.0 Å². The van der Waals surface area contributed by atoms with E-state index < -0.39 is 26.9 Å². The Balaban J connectivity index is 1.55. The number of rotatable bonds is 5. The first-order valence-electron chi connectivity index (χ1n) is 9.57. The molecule has 1 saturated carbocycles. The minimum atomic E-state index is -4.09. The third-order valence-electron chi connectivity index (χ3n) is 6.14. The molecular formula is C22H18ClNO5S2. The first kappa shape index (κ1) is 20.7. The Morgan fingerprint density at radius 1 is 1.06 bits per heavy atom. The average molecular weight is 476 g/mol. The van der Waals surface area contributed by atoms with Gasteiger partial charge in [-0.2, -0.15) is 4.31 Å². The van der Waals surface area contributed by atoms with Crippen LogP contribution in [-0.4, -0.2) is 42.7 Å². The molecule has 160 valence electrons. The van der Waals surface area contributed by atoms with E-state index in [0.717, 1.165) is 31.6 Å². The molecule has 2 aliphatic rings. The lowest BCUT2D eigenvalue weighted by atomic mass is 9.90. The van der Waals surface area contributed by atoms with Crippen molar-refractivity contribution in [3.8, 4) is 10.4 Å². The Bertz CT molecular complexity index is 1260. The summed E-state index contributed by atoms with van der Waals surface area (Å²) in [5.74, 6) is -1.15. The highest BCUT2D eigenvalue weighted by atomic mass is 35.5. The smallest absolute Gasteiger partial charge is 0.326 e. The lowest BCUT2D eigenvalue weighted by Crippen LogP contribution is -2.56. The first-order chi connectivity index (χ1) is 14.8. The maximum atomic E-state index is 13.6. The number of carboxylic acids is 1. The lowest BCUT2D eigenvalue weighted by Gasteiger charge is -2.36. The van der Waals surface area contributed by atoms with E-state index in [0.29, 0.717) is 5.02 Å². The zero-order valence-corrected chi connectivity index (χ0v) is 18.6. The Morgan fingerprint density at radius 3 is 2.45 bits per heavy atom. The molecule has 1 aliphatic carbocycles. The van der Waals surface area contributed by atoms with Gasteiger partial charge >= 0.3 is 5.97 Å². The molecular weight excluding hydrogens is 458 g/mol. The van der Waals surface area contributed by atoms with Crippen LogP contribution < -0.4 is 0 Å². The van der Waals surface area contributed by atoms with Crippen LogP contribution in [0.15, 0.2) is 70.9 Å². The number of halogens is 1. The van der Waals surface area contributed by atoms with Crippen LogP contribution >= 0.6 is 22.9 Å². The predicted molar refractivity (Wildman–Crippen MR) is 118 cm³/mol. The van der Waals surface area contributed by atoms with Crippen LogP contribution in [-0.2, 0) is 25.0 Å². The van der Waals surface area contributed by atoms with E-state index in [2.05, 4.69) is 0 Å². The second-order valence-corrected chi connectivity index (χ2v) is 11.4. The molecule has 0 spiro atoms. The third-order valence-corrected chi connectivity index (χ3v) is 9.85. The van der Waals surface area contributed by atoms with Gasteiger partial charge in [0, 0.05) is 9.90 Å². The van der Waals surface area contributed by atoms with Crippen LogP contribution in [0.25, 0.3) is 10.4 Å². The standard InChI is InChI=1S/C22H18ClNO5S2/c23-17-8-6-15(7-9-17)18-10-11-19(30-18)31(27,28)24-14-29-13-21(12-22(21,24)20(25)26)16-4-2-1-3-5-16/h1-11H,12-14H2,(H,25,26). The van der Waals surface area contributed by atoms with E-state index in [-0.39, 0.29) is 24.0 Å². The number of carboxylic acid groups (broad SMARTS) is 1. The summed E-state index contributed by atoms with van der Waals surface area (Å²) in [4.78, 5) is 13.2. The SMILES string of the molecule is O=C(O)C12CC1(c1ccccc1)COCN2S(=O)(=O)c1ccc(-c2ccc(Cl)cc2)s1. The Morgan fingerprint density at radius 2 is 1.77 bits per heavy atom. The molecule has 2 atom stereocenters. The quantitative estimate of drug-likeness (QED) is 0.597. The highest BCUT2D eigenvalue weighted by Crippen LogP contribution is 2.64. The second kappa shape index (κ2) is 7.15. The van der Waals surface area contributed by atoms with Crippen molar-refractivity contribution in [2.75, 3.05) is 13.3 Å². The van der Waals surface area contributed by atoms with Crippen molar-refractivity contribution in [1.29, 1.82) is 0 Å². The molecule has 1 aromatic heterocycles. The van der Waals surface area contributed by atoms with Gasteiger partial charge in [0.1, 0.15) is 16.5 Å². The molecule has 5 rings (SSSR count). The molecule has 2 heterocycles. The fraction of sp³-hybridized carbons (Fsp3) is 0.227. The fourth-order valence-electron chi connectivity index (χ4n) is 4.48. The van der Waals surface area contributed by atoms with Gasteiger partial charge in [-0.25, -0.2) is 8.42 Å². The average Bonchev–Trinajstić information content (AvgIpc) is 3.26. The number of fused-ring (bicyclic) bond motifs is 1. The Labute approximate surface area is 188 Å². The zero-order valence-electron chi connectivity index (χ0n) is 16.2. The van der Waals surface area contributed by atoms with Gasteiger partial charge in [-0.1, -0.05) is 54.1 Å². The minimum Gasteiger partial charge on any atom is -0.480 e. The molecule has 1 aliphatic heterocycles. The van der Waals surface area contributed by atoms with E-state index >= 15 is 0 Å². The van der Waals surface area contributed by atoms with Gasteiger partial charge in [-0.15, -0.1) is 11.3 Å². The number of benzene rings is 2. The molecule has 3 aromatic rings. The Kier molecular flexibility index (Phi) is 4.76. The lowest BCUT2D eigenvalue weighted by molar-refractivity contribution is -0.149. The first-order valence-corrected chi connectivity index (χ1v) is 12.2. The summed E-state index contributed by atoms with van der Waals surface area (Å²) in [6, 6.07) is 19.5. The Hall–Kier alpha value is -2.23. The van der Waals surface area contributed by atoms with Crippen molar-refractivity contribution in [2.24, 2.45) is 0 Å². The molecule has 31 heavy (non-hydrogen) atoms. The maximum absolute atomic E-state index is 13.6. The molecule has 9 heteroatoms. The largest absolute Gasteiger partial charge is 0.480 e. The fourth-order valence-corrected chi connectivity index (χ4v) is 7.71. The number of hydrogen-bond donors (Lipinski definition) is 1. The number of ether oxygens (including phenoxy) is 1. The van der Waals surface area contributed by atoms with Gasteiger partial charge in [0.2, 0.25) is 0 Å². The molecule has 1 saturated heterocycles. The number of carbonyl (C=O) groups is 1. The van der Waals surface area contributed by atoms with E-state index in [1.807, 2.05) is 42.5 Å². The molecule has 2 unspecified atom stereocenters. The van der Waals surface area contributed by atoms with Crippen molar-refractivity contribution in [2.45, 2.75) is 21.6 Å². The molecule has 1 N–H and O–H groups in total. The molecule has 0 radical (unpaired) electrons. The van der Waals surface area contributed by atoms with Gasteiger partial charge < -0.3 is 9.84 Å². The number of sulfonamides is 1. The highest BCUT2D eigenvalue weighted by molar-refractivity contribution is 7.91. The van der Waals surface area contributed by atoms with E-state index in [4.69, 9.17) is 16.3 Å². The van der Waals surface area contributed by atoms with Gasteiger partial charge in [0.05, 0.1) is 12.0 Å². The minimum absolute atomic E-state index is 0.0810. The summed E-state index contributed by atoms with van der Waals surface area (Å²) in [6.45, 7) is -0.132. The van der Waals surface area contributed by atoms with Gasteiger partial charge in [-0.05, 0) is 41.8 Å². The van der Waals surface area contributed by atoms with Crippen LogP contribution in [0.3, 0.4) is 0 Å². The van der Waals surface area contributed by atoms with Crippen LogP contribution in [0.5, 0.6) is 0 Å². The zero-order chi connectivity index (χ0) is 21.9. The molecule has 2 aromatic carbocycles. The van der Waals surface area contributed by atoms with Crippen molar-refractivity contribution < 1.29 is 23.1 Å². The normalized spacial score (nSPS) is 25.7. The number of nitrogens with zero attached hydrogens (tertiary/aromatic N) is 1. The topological polar surface area (TPSA) is 83.9 Å². The molecule has 0 amide bonds. The third kappa shape index (κ3) is 2.97. The van der Waals surface area contributed by atoms with E-state index in [9.17, 15) is 18.3 Å². The summed E-state index contributed by atoms with van der Waals surface area (Å²) in [5.41, 5.74) is -0.855. The van der Waals surface area contributed by atoms with Crippen LogP contribution in [0, 0.1) is 0 Å². The van der Waals surface area contributed by atoms with Gasteiger partial charge in [-0.3, -0.25) is 4.79 Å². The predicted octanol–water partition coefficient (Wildman–Crippen LogP) is 4.21.